The van der Waals surface area contributed by atoms with Crippen molar-refractivity contribution in [1.29, 1.82) is 0 Å². The first-order valence-corrected chi connectivity index (χ1v) is 10.1. The molecule has 0 atom stereocenters. The molecular weight excluding hydrogens is 415 g/mol. The summed E-state index contributed by atoms with van der Waals surface area (Å²) in [4.78, 5) is 13.1. The van der Waals surface area contributed by atoms with Crippen LogP contribution in [-0.2, 0) is 12.8 Å². The molecule has 0 fully saturated rings. The van der Waals surface area contributed by atoms with Crippen molar-refractivity contribution in [2.75, 3.05) is 18.4 Å². The molecule has 0 saturated carbocycles. The Morgan fingerprint density at radius 3 is 2.90 bits per heavy atom. The number of pyridine rings is 1. The number of anilines is 1. The number of aromatic nitrogens is 2. The van der Waals surface area contributed by atoms with E-state index in [2.05, 4.69) is 25.6 Å². The minimum Gasteiger partial charge on any atom is -0.472 e. The predicted octanol–water partition coefficient (Wildman–Crippen LogP) is 4.56. The Balaban J connectivity index is 1.49. The van der Waals surface area contributed by atoms with Gasteiger partial charge in [-0.05, 0) is 36.2 Å². The number of hydrogen-bond acceptors (Lipinski definition) is 7. The van der Waals surface area contributed by atoms with Gasteiger partial charge in [-0.1, -0.05) is 12.1 Å². The van der Waals surface area contributed by atoms with E-state index in [1.807, 2.05) is 11.4 Å². The summed E-state index contributed by atoms with van der Waals surface area (Å²) in [6, 6.07) is 8.62. The highest BCUT2D eigenvalue weighted by molar-refractivity contribution is 7.14. The van der Waals surface area contributed by atoms with Gasteiger partial charge >= 0.3 is 6.18 Å². The standard InChI is InChI=1S/C20H18F3N5OS/c21-20(22,23)14-5-1-4-13(10-14)11-29-17-15(6-2-7-24-17)16-12-30-19(27-16)28-18-25-8-3-9-26-18/h1-2,4-7,10,12H,3,8-9,11H2,(H2,25,26,27,28). The van der Waals surface area contributed by atoms with Crippen LogP contribution >= 0.6 is 11.3 Å². The number of aliphatic imine (C=N–C) groups is 1. The minimum absolute atomic E-state index is 0.0378. The normalized spacial score (nSPS) is 14.0. The highest BCUT2D eigenvalue weighted by atomic mass is 32.1. The number of hydrogen-bond donors (Lipinski definition) is 2. The van der Waals surface area contributed by atoms with Crippen molar-refractivity contribution in [3.05, 3.63) is 59.1 Å². The summed E-state index contributed by atoms with van der Waals surface area (Å²) in [5, 5.41) is 8.85. The van der Waals surface area contributed by atoms with Crippen LogP contribution in [0.25, 0.3) is 11.3 Å². The van der Waals surface area contributed by atoms with Crippen LogP contribution in [0.3, 0.4) is 0 Å². The number of ether oxygens (including phenoxy) is 1. The fraction of sp³-hybridized carbons (Fsp3) is 0.250. The summed E-state index contributed by atoms with van der Waals surface area (Å²) >= 11 is 1.41. The van der Waals surface area contributed by atoms with E-state index in [4.69, 9.17) is 4.74 Å². The summed E-state index contributed by atoms with van der Waals surface area (Å²) in [5.74, 6) is 0.995. The zero-order valence-electron chi connectivity index (χ0n) is 15.7. The SMILES string of the molecule is FC(F)(F)c1cccc(COc2ncccc2-c2csc(NC3=NCCCN3)n2)c1. The van der Waals surface area contributed by atoms with Crippen molar-refractivity contribution < 1.29 is 17.9 Å². The summed E-state index contributed by atoms with van der Waals surface area (Å²) in [7, 11) is 0. The fourth-order valence-corrected chi connectivity index (χ4v) is 3.57. The molecule has 3 heterocycles. The van der Waals surface area contributed by atoms with Crippen LogP contribution in [0.2, 0.25) is 0 Å². The molecule has 0 amide bonds. The molecule has 6 nitrogen and oxygen atoms in total. The molecule has 2 N–H and O–H groups in total. The number of rotatable bonds is 5. The van der Waals surface area contributed by atoms with E-state index < -0.39 is 11.7 Å². The third-order valence-corrected chi connectivity index (χ3v) is 5.06. The maximum atomic E-state index is 12.9. The van der Waals surface area contributed by atoms with E-state index in [0.29, 0.717) is 33.8 Å². The smallest absolute Gasteiger partial charge is 0.416 e. The highest BCUT2D eigenvalue weighted by Gasteiger charge is 2.30. The molecule has 2 aromatic heterocycles. The average molecular weight is 433 g/mol. The maximum absolute atomic E-state index is 12.9. The molecule has 156 valence electrons. The van der Waals surface area contributed by atoms with Gasteiger partial charge in [0.25, 0.3) is 0 Å². The van der Waals surface area contributed by atoms with E-state index in [-0.39, 0.29) is 6.61 Å². The Kier molecular flexibility index (Phi) is 5.84. The summed E-state index contributed by atoms with van der Waals surface area (Å²) < 4.78 is 44.5. The fourth-order valence-electron chi connectivity index (χ4n) is 2.86. The zero-order valence-corrected chi connectivity index (χ0v) is 16.6. The maximum Gasteiger partial charge on any atom is 0.416 e. The Hall–Kier alpha value is -3.14. The lowest BCUT2D eigenvalue weighted by Crippen LogP contribution is -2.35. The van der Waals surface area contributed by atoms with Crippen molar-refractivity contribution in [2.24, 2.45) is 4.99 Å². The van der Waals surface area contributed by atoms with Crippen LogP contribution in [0.15, 0.2) is 53.0 Å². The third-order valence-electron chi connectivity index (χ3n) is 4.30. The van der Waals surface area contributed by atoms with Gasteiger partial charge in [0.05, 0.1) is 16.8 Å². The molecule has 0 spiro atoms. The van der Waals surface area contributed by atoms with E-state index in [0.717, 1.165) is 31.6 Å². The van der Waals surface area contributed by atoms with Crippen LogP contribution in [0.4, 0.5) is 18.3 Å². The summed E-state index contributed by atoms with van der Waals surface area (Å²) in [6.45, 7) is 1.59. The molecule has 0 unspecified atom stereocenters. The zero-order chi connectivity index (χ0) is 21.0. The monoisotopic (exact) mass is 433 g/mol. The first-order chi connectivity index (χ1) is 14.5. The molecule has 4 rings (SSSR count). The average Bonchev–Trinajstić information content (AvgIpc) is 3.21. The molecular formula is C20H18F3N5OS. The molecule has 1 aromatic carbocycles. The van der Waals surface area contributed by atoms with Gasteiger partial charge in [-0.2, -0.15) is 13.2 Å². The molecule has 0 aliphatic carbocycles. The van der Waals surface area contributed by atoms with Gasteiger partial charge in [-0.3, -0.25) is 4.99 Å². The van der Waals surface area contributed by atoms with Crippen molar-refractivity contribution >= 4 is 22.4 Å². The molecule has 1 aliphatic heterocycles. The Bertz CT molecular complexity index is 1050. The second-order valence-corrected chi connectivity index (χ2v) is 7.37. The molecule has 3 aromatic rings. The summed E-state index contributed by atoms with van der Waals surface area (Å²) in [6.07, 6.45) is -1.83. The van der Waals surface area contributed by atoms with Crippen molar-refractivity contribution in [2.45, 2.75) is 19.2 Å². The Morgan fingerprint density at radius 1 is 1.20 bits per heavy atom. The Labute approximate surface area is 174 Å². The predicted molar refractivity (Wildman–Crippen MR) is 110 cm³/mol. The van der Waals surface area contributed by atoms with E-state index in [1.54, 1.807) is 18.3 Å². The van der Waals surface area contributed by atoms with Gasteiger partial charge in [0.2, 0.25) is 5.88 Å². The number of alkyl halides is 3. The van der Waals surface area contributed by atoms with Crippen molar-refractivity contribution in [3.8, 4) is 17.1 Å². The molecule has 0 bridgehead atoms. The molecule has 10 heteroatoms. The number of nitrogens with zero attached hydrogens (tertiary/aromatic N) is 3. The second kappa shape index (κ2) is 8.70. The van der Waals surface area contributed by atoms with Crippen LogP contribution in [0, 0.1) is 0 Å². The molecule has 0 radical (unpaired) electrons. The van der Waals surface area contributed by atoms with Gasteiger partial charge in [0.15, 0.2) is 11.1 Å². The van der Waals surface area contributed by atoms with E-state index >= 15 is 0 Å². The van der Waals surface area contributed by atoms with Crippen LogP contribution in [-0.4, -0.2) is 29.0 Å². The van der Waals surface area contributed by atoms with Gasteiger partial charge in [0, 0.05) is 24.7 Å². The number of guanidine groups is 1. The largest absolute Gasteiger partial charge is 0.472 e. The second-order valence-electron chi connectivity index (χ2n) is 6.52. The number of halogens is 3. The van der Waals surface area contributed by atoms with Gasteiger partial charge in [0.1, 0.15) is 6.61 Å². The number of benzene rings is 1. The molecule has 30 heavy (non-hydrogen) atoms. The first kappa shape index (κ1) is 20.1. The van der Waals surface area contributed by atoms with Crippen molar-refractivity contribution in [1.82, 2.24) is 15.3 Å². The lowest BCUT2D eigenvalue weighted by molar-refractivity contribution is -0.137. The minimum atomic E-state index is -4.40. The van der Waals surface area contributed by atoms with E-state index in [9.17, 15) is 13.2 Å². The lowest BCUT2D eigenvalue weighted by atomic mass is 10.1. The number of thiazole rings is 1. The lowest BCUT2D eigenvalue weighted by Gasteiger charge is -2.14. The van der Waals surface area contributed by atoms with Gasteiger partial charge < -0.3 is 15.4 Å². The van der Waals surface area contributed by atoms with Gasteiger partial charge in [-0.15, -0.1) is 11.3 Å². The topological polar surface area (TPSA) is 71.4 Å². The van der Waals surface area contributed by atoms with Crippen molar-refractivity contribution in [3.63, 3.8) is 0 Å². The van der Waals surface area contributed by atoms with Crippen LogP contribution in [0.1, 0.15) is 17.5 Å². The highest BCUT2D eigenvalue weighted by Crippen LogP contribution is 2.32. The Morgan fingerprint density at radius 2 is 2.10 bits per heavy atom. The molecule has 1 aliphatic rings. The van der Waals surface area contributed by atoms with Crippen LogP contribution in [0.5, 0.6) is 5.88 Å². The third kappa shape index (κ3) is 4.88. The first-order valence-electron chi connectivity index (χ1n) is 9.24. The van der Waals surface area contributed by atoms with Crippen LogP contribution < -0.4 is 15.4 Å². The summed E-state index contributed by atoms with van der Waals surface area (Å²) in [5.41, 5.74) is 1.01. The van der Waals surface area contributed by atoms with E-state index in [1.165, 1.54) is 17.4 Å². The quantitative estimate of drug-likeness (QED) is 0.617. The van der Waals surface area contributed by atoms with Gasteiger partial charge in [-0.25, -0.2) is 9.97 Å². The molecule has 0 saturated heterocycles. The number of nitrogens with one attached hydrogen (secondary N) is 2.